The Morgan fingerprint density at radius 1 is 1.11 bits per heavy atom. The first-order valence-electron chi connectivity index (χ1n) is 10.7. The Hall–Kier alpha value is -0.0900. The van der Waals surface area contributed by atoms with Crippen molar-refractivity contribution in [1.82, 2.24) is 15.1 Å². The predicted octanol–water partition coefficient (Wildman–Crippen LogP) is 2.84. The lowest BCUT2D eigenvalue weighted by molar-refractivity contribution is 0.0864. The third kappa shape index (κ3) is 8.73. The normalized spacial score (nSPS) is 24.9. The molecule has 0 spiro atoms. The number of rotatable bonds is 7. The molecule has 0 atom stereocenters. The zero-order chi connectivity index (χ0) is 19.9. The Bertz CT molecular complexity index is 567. The van der Waals surface area contributed by atoms with Gasteiger partial charge in [-0.25, -0.2) is 8.42 Å². The fourth-order valence-corrected chi connectivity index (χ4v) is 5.02. The summed E-state index contributed by atoms with van der Waals surface area (Å²) in [5.41, 5.74) is 0. The van der Waals surface area contributed by atoms with Crippen molar-refractivity contribution in [3.63, 3.8) is 0 Å². The lowest BCUT2D eigenvalue weighted by atomic mass is 9.79. The van der Waals surface area contributed by atoms with Crippen LogP contribution in [0.2, 0.25) is 0 Å². The average Bonchev–Trinajstić information content (AvgIpc) is 2.64. The Balaban J connectivity index is 0.00000392. The molecule has 1 heterocycles. The van der Waals surface area contributed by atoms with Gasteiger partial charge in [0.1, 0.15) is 9.84 Å². The molecule has 6 nitrogen and oxygen atoms in total. The van der Waals surface area contributed by atoms with E-state index in [1.54, 1.807) is 0 Å². The van der Waals surface area contributed by atoms with Gasteiger partial charge in [-0.15, -0.1) is 24.0 Å². The molecule has 0 aromatic carbocycles. The van der Waals surface area contributed by atoms with Crippen molar-refractivity contribution in [2.24, 2.45) is 16.8 Å². The number of hydrogen-bond donors (Lipinski definition) is 1. The van der Waals surface area contributed by atoms with E-state index in [2.05, 4.69) is 40.9 Å². The highest BCUT2D eigenvalue weighted by Crippen LogP contribution is 2.32. The minimum Gasteiger partial charge on any atom is -0.357 e. The molecule has 0 aromatic rings. The smallest absolute Gasteiger partial charge is 0.194 e. The molecule has 1 aliphatic heterocycles. The number of aliphatic imine (C=N–C) groups is 1. The molecule has 1 saturated carbocycles. The quantitative estimate of drug-likeness (QED) is 0.238. The number of halogens is 1. The number of nitrogens with zero attached hydrogens (tertiary/aromatic N) is 3. The third-order valence-corrected chi connectivity index (χ3v) is 7.11. The molecule has 0 aromatic heterocycles. The van der Waals surface area contributed by atoms with Crippen molar-refractivity contribution < 1.29 is 8.42 Å². The number of piperazine rings is 1. The molecule has 1 saturated heterocycles. The topological polar surface area (TPSA) is 65.0 Å². The third-order valence-electron chi connectivity index (χ3n) is 6.08. The first-order chi connectivity index (χ1) is 12.8. The number of sulfone groups is 1. The zero-order valence-corrected chi connectivity index (χ0v) is 21.3. The summed E-state index contributed by atoms with van der Waals surface area (Å²) in [7, 11) is -2.90. The van der Waals surface area contributed by atoms with Crippen LogP contribution in [0.5, 0.6) is 0 Å². The van der Waals surface area contributed by atoms with E-state index in [9.17, 15) is 8.42 Å². The molecular formula is C20H41IN4O2S. The van der Waals surface area contributed by atoms with E-state index in [4.69, 9.17) is 0 Å². The fourth-order valence-electron chi connectivity index (χ4n) is 4.37. The van der Waals surface area contributed by atoms with E-state index in [-0.39, 0.29) is 29.7 Å². The summed E-state index contributed by atoms with van der Waals surface area (Å²) in [6.07, 6.45) is 7.34. The largest absolute Gasteiger partial charge is 0.357 e. The van der Waals surface area contributed by atoms with Crippen molar-refractivity contribution in [2.45, 2.75) is 58.9 Å². The van der Waals surface area contributed by atoms with E-state index in [0.717, 1.165) is 56.6 Å². The second-order valence-corrected chi connectivity index (χ2v) is 10.8. The lowest BCUT2D eigenvalue weighted by Gasteiger charge is -2.43. The van der Waals surface area contributed by atoms with Crippen LogP contribution in [0.1, 0.15) is 52.9 Å². The Morgan fingerprint density at radius 2 is 1.71 bits per heavy atom. The van der Waals surface area contributed by atoms with Crippen LogP contribution in [0.25, 0.3) is 0 Å². The SMILES string of the molecule is CCNC(=NCCCS(C)(=O)=O)N1CCN(C2CCC(C(C)C)CC2)CC1.I. The number of hydrogen-bond acceptors (Lipinski definition) is 4. The molecule has 0 radical (unpaired) electrons. The summed E-state index contributed by atoms with van der Waals surface area (Å²) < 4.78 is 22.5. The highest BCUT2D eigenvalue weighted by Gasteiger charge is 2.29. The molecule has 8 heteroatoms. The zero-order valence-electron chi connectivity index (χ0n) is 18.2. The van der Waals surface area contributed by atoms with Crippen LogP contribution in [0.15, 0.2) is 4.99 Å². The van der Waals surface area contributed by atoms with Gasteiger partial charge in [-0.2, -0.15) is 0 Å². The monoisotopic (exact) mass is 528 g/mol. The Morgan fingerprint density at radius 3 is 2.21 bits per heavy atom. The van der Waals surface area contributed by atoms with Gasteiger partial charge in [-0.3, -0.25) is 9.89 Å². The standard InChI is InChI=1S/C20H40N4O2S.HI/c1-5-21-20(22-11-6-16-27(4,25)26)24-14-12-23(13-15-24)19-9-7-18(8-10-19)17(2)3;/h17-19H,5-16H2,1-4H3,(H,21,22);1H. The molecule has 2 rings (SSSR count). The fraction of sp³-hybridized carbons (Fsp3) is 0.950. The Labute approximate surface area is 189 Å². The first-order valence-corrected chi connectivity index (χ1v) is 12.8. The summed E-state index contributed by atoms with van der Waals surface area (Å²) in [6, 6.07) is 0.761. The molecule has 0 unspecified atom stereocenters. The van der Waals surface area contributed by atoms with Crippen LogP contribution in [-0.2, 0) is 9.84 Å². The predicted molar refractivity (Wildman–Crippen MR) is 129 cm³/mol. The number of nitrogens with one attached hydrogen (secondary N) is 1. The van der Waals surface area contributed by atoms with Gasteiger partial charge in [-0.05, 0) is 50.9 Å². The maximum absolute atomic E-state index is 11.3. The van der Waals surface area contributed by atoms with E-state index >= 15 is 0 Å². The summed E-state index contributed by atoms with van der Waals surface area (Å²) in [4.78, 5) is 9.67. The van der Waals surface area contributed by atoms with Crippen LogP contribution in [0.3, 0.4) is 0 Å². The van der Waals surface area contributed by atoms with E-state index in [1.807, 2.05) is 0 Å². The van der Waals surface area contributed by atoms with Crippen LogP contribution < -0.4 is 5.32 Å². The molecule has 0 amide bonds. The summed E-state index contributed by atoms with van der Waals surface area (Å²) in [5, 5.41) is 3.37. The molecule has 2 aliphatic rings. The molecular weight excluding hydrogens is 487 g/mol. The average molecular weight is 529 g/mol. The molecule has 2 fully saturated rings. The van der Waals surface area contributed by atoms with Gasteiger partial charge in [-0.1, -0.05) is 13.8 Å². The summed E-state index contributed by atoms with van der Waals surface area (Å²) in [6.45, 7) is 12.4. The Kier molecular flexibility index (Phi) is 11.6. The van der Waals surface area contributed by atoms with Crippen LogP contribution in [0, 0.1) is 11.8 Å². The summed E-state index contributed by atoms with van der Waals surface area (Å²) in [5.74, 6) is 2.89. The first kappa shape index (κ1) is 25.9. The maximum atomic E-state index is 11.3. The lowest BCUT2D eigenvalue weighted by Crippen LogP contribution is -2.55. The van der Waals surface area contributed by atoms with Gasteiger partial charge in [0.05, 0.1) is 5.75 Å². The van der Waals surface area contributed by atoms with Gasteiger partial charge < -0.3 is 10.2 Å². The van der Waals surface area contributed by atoms with Crippen LogP contribution in [-0.4, -0.2) is 81.5 Å². The van der Waals surface area contributed by atoms with Crippen molar-refractivity contribution in [1.29, 1.82) is 0 Å². The van der Waals surface area contributed by atoms with E-state index in [0.29, 0.717) is 13.0 Å². The molecule has 28 heavy (non-hydrogen) atoms. The van der Waals surface area contributed by atoms with E-state index < -0.39 is 9.84 Å². The second-order valence-electron chi connectivity index (χ2n) is 8.55. The van der Waals surface area contributed by atoms with Crippen molar-refractivity contribution in [3.8, 4) is 0 Å². The van der Waals surface area contributed by atoms with Gasteiger partial charge in [0.25, 0.3) is 0 Å². The highest BCUT2D eigenvalue weighted by atomic mass is 127. The van der Waals surface area contributed by atoms with Crippen molar-refractivity contribution in [2.75, 3.05) is 51.3 Å². The second kappa shape index (κ2) is 12.6. The molecule has 1 aliphatic carbocycles. The van der Waals surface area contributed by atoms with Crippen molar-refractivity contribution in [3.05, 3.63) is 0 Å². The summed E-state index contributed by atoms with van der Waals surface area (Å²) >= 11 is 0. The van der Waals surface area contributed by atoms with Gasteiger partial charge in [0.2, 0.25) is 0 Å². The van der Waals surface area contributed by atoms with Gasteiger partial charge >= 0.3 is 0 Å². The molecule has 166 valence electrons. The van der Waals surface area contributed by atoms with Crippen LogP contribution >= 0.6 is 24.0 Å². The highest BCUT2D eigenvalue weighted by molar-refractivity contribution is 14.0. The van der Waals surface area contributed by atoms with Gasteiger partial charge in [0, 0.05) is 51.6 Å². The maximum Gasteiger partial charge on any atom is 0.194 e. The molecule has 1 N–H and O–H groups in total. The number of guanidine groups is 1. The minimum atomic E-state index is -2.90. The van der Waals surface area contributed by atoms with E-state index in [1.165, 1.54) is 31.9 Å². The minimum absolute atomic E-state index is 0. The van der Waals surface area contributed by atoms with Crippen molar-refractivity contribution >= 4 is 39.8 Å². The van der Waals surface area contributed by atoms with Gasteiger partial charge in [0.15, 0.2) is 5.96 Å². The molecule has 0 bridgehead atoms. The van der Waals surface area contributed by atoms with Crippen LogP contribution in [0.4, 0.5) is 0 Å².